The van der Waals surface area contributed by atoms with Gasteiger partial charge in [0, 0.05) is 34.4 Å². The number of nitrogens with zero attached hydrogens (tertiary/aromatic N) is 2. The number of anilines is 4. The van der Waals surface area contributed by atoms with Gasteiger partial charge in [0.2, 0.25) is 0 Å². The van der Waals surface area contributed by atoms with E-state index in [0.717, 1.165) is 17.1 Å². The SMILES string of the molecule is Cc1cc(-c2ccc(C(C)(C)C)c(C)c2)ccc1N(C1=CC=C=C=C1)c1ccc(-c2ccc(N(c3ccccc3)C(C)(C)C)cc2)cc1. The second kappa shape index (κ2) is 13.1. The minimum absolute atomic E-state index is 0.0627. The summed E-state index contributed by atoms with van der Waals surface area (Å²) in [6.45, 7) is 18.0. The molecule has 1 aliphatic rings. The van der Waals surface area contributed by atoms with Gasteiger partial charge in [-0.15, -0.1) is 0 Å². The van der Waals surface area contributed by atoms with Crippen LogP contribution >= 0.6 is 0 Å². The maximum atomic E-state index is 3.16. The fraction of sp³-hybridized carbons (Fsp3) is 0.217. The Labute approximate surface area is 287 Å². The fourth-order valence-electron chi connectivity index (χ4n) is 6.78. The van der Waals surface area contributed by atoms with E-state index in [1.165, 1.54) is 50.3 Å². The third-order valence-corrected chi connectivity index (χ3v) is 8.97. The summed E-state index contributed by atoms with van der Waals surface area (Å²) in [4.78, 5) is 4.70. The molecule has 6 rings (SSSR count). The van der Waals surface area contributed by atoms with Crippen molar-refractivity contribution in [1.82, 2.24) is 0 Å². The van der Waals surface area contributed by atoms with Crippen molar-refractivity contribution in [2.45, 2.75) is 66.3 Å². The van der Waals surface area contributed by atoms with Crippen molar-refractivity contribution in [3.8, 4) is 22.3 Å². The Balaban J connectivity index is 1.30. The van der Waals surface area contributed by atoms with Crippen molar-refractivity contribution >= 4 is 22.7 Å². The molecule has 0 radical (unpaired) electrons. The molecule has 0 bridgehead atoms. The van der Waals surface area contributed by atoms with Crippen LogP contribution in [0.1, 0.15) is 58.2 Å². The minimum atomic E-state index is -0.0627. The van der Waals surface area contributed by atoms with Gasteiger partial charge >= 0.3 is 0 Å². The molecule has 240 valence electrons. The quantitative estimate of drug-likeness (QED) is 0.166. The van der Waals surface area contributed by atoms with Crippen molar-refractivity contribution in [2.75, 3.05) is 9.80 Å². The molecule has 0 heterocycles. The van der Waals surface area contributed by atoms with E-state index in [1.807, 2.05) is 12.2 Å². The lowest BCUT2D eigenvalue weighted by atomic mass is 9.83. The van der Waals surface area contributed by atoms with E-state index < -0.39 is 0 Å². The second-order valence-corrected chi connectivity index (χ2v) is 14.7. The van der Waals surface area contributed by atoms with Crippen LogP contribution in [0.25, 0.3) is 22.3 Å². The molecule has 2 heteroatoms. The predicted molar refractivity (Wildman–Crippen MR) is 207 cm³/mol. The molecule has 0 amide bonds. The number of aryl methyl sites for hydroxylation is 2. The molecule has 0 fully saturated rings. The molecule has 0 atom stereocenters. The molecule has 0 aliphatic heterocycles. The molecule has 1 aliphatic carbocycles. The molecule has 5 aromatic rings. The number of para-hydroxylation sites is 1. The molecular formula is C46H46N2. The van der Waals surface area contributed by atoms with Gasteiger partial charge in [0.05, 0.1) is 5.70 Å². The van der Waals surface area contributed by atoms with Gasteiger partial charge < -0.3 is 9.80 Å². The van der Waals surface area contributed by atoms with Gasteiger partial charge in [-0.3, -0.25) is 0 Å². The summed E-state index contributed by atoms with van der Waals surface area (Å²) >= 11 is 0. The van der Waals surface area contributed by atoms with E-state index in [9.17, 15) is 0 Å². The highest BCUT2D eigenvalue weighted by Crippen LogP contribution is 2.38. The van der Waals surface area contributed by atoms with Crippen LogP contribution in [-0.2, 0) is 5.41 Å². The van der Waals surface area contributed by atoms with Gasteiger partial charge in [-0.2, -0.15) is 0 Å². The molecule has 2 nitrogen and oxygen atoms in total. The van der Waals surface area contributed by atoms with Gasteiger partial charge in [0.25, 0.3) is 0 Å². The van der Waals surface area contributed by atoms with Gasteiger partial charge in [-0.05, 0) is 140 Å². The van der Waals surface area contributed by atoms with Crippen LogP contribution in [0, 0.1) is 13.8 Å². The van der Waals surface area contributed by atoms with Crippen LogP contribution in [0.4, 0.5) is 22.7 Å². The van der Waals surface area contributed by atoms with Gasteiger partial charge in [-0.25, -0.2) is 0 Å². The number of hydrogen-bond donors (Lipinski definition) is 0. The highest BCUT2D eigenvalue weighted by Gasteiger charge is 2.24. The van der Waals surface area contributed by atoms with Gasteiger partial charge in [0.1, 0.15) is 0 Å². The Morgan fingerprint density at radius 3 is 1.58 bits per heavy atom. The number of benzene rings is 5. The van der Waals surface area contributed by atoms with E-state index in [2.05, 4.69) is 198 Å². The third kappa shape index (κ3) is 6.87. The Bertz CT molecular complexity index is 2050. The maximum absolute atomic E-state index is 3.16. The first-order valence-corrected chi connectivity index (χ1v) is 16.9. The summed E-state index contributed by atoms with van der Waals surface area (Å²) in [5, 5.41) is 0. The maximum Gasteiger partial charge on any atom is 0.0551 e. The normalized spacial score (nSPS) is 12.6. The molecular weight excluding hydrogens is 581 g/mol. The summed E-state index contributed by atoms with van der Waals surface area (Å²) in [5.41, 5.74) is 20.7. The molecule has 0 N–H and O–H groups in total. The lowest BCUT2D eigenvalue weighted by Gasteiger charge is -2.38. The molecule has 0 saturated heterocycles. The molecule has 48 heavy (non-hydrogen) atoms. The lowest BCUT2D eigenvalue weighted by Crippen LogP contribution is -2.37. The minimum Gasteiger partial charge on any atom is -0.336 e. The molecule has 5 aromatic carbocycles. The predicted octanol–water partition coefficient (Wildman–Crippen LogP) is 12.8. The Morgan fingerprint density at radius 1 is 0.521 bits per heavy atom. The standard InChI is InChI=1S/C46H46N2/c1-33-31-37(23-29-43(33)45(3,4)5)38-24-30-44(34(2)32-38)47(39-15-11-9-12-16-39)40-25-19-35(20-26-40)36-21-27-42(28-22-36)48(46(6,7)8)41-17-13-10-14-18-41/h10-11,13-32H,1-8H3. The Hall–Kier alpha value is -5.26. The van der Waals surface area contributed by atoms with Crippen molar-refractivity contribution in [2.24, 2.45) is 0 Å². The molecule has 0 spiro atoms. The molecule has 0 aromatic heterocycles. The van der Waals surface area contributed by atoms with Crippen LogP contribution in [-0.4, -0.2) is 5.54 Å². The van der Waals surface area contributed by atoms with E-state index in [0.29, 0.717) is 0 Å². The van der Waals surface area contributed by atoms with Crippen LogP contribution in [0.5, 0.6) is 0 Å². The van der Waals surface area contributed by atoms with Crippen LogP contribution in [0.2, 0.25) is 0 Å². The first-order chi connectivity index (χ1) is 22.9. The van der Waals surface area contributed by atoms with Crippen molar-refractivity contribution in [3.63, 3.8) is 0 Å². The second-order valence-electron chi connectivity index (χ2n) is 14.7. The summed E-state index contributed by atoms with van der Waals surface area (Å²) in [7, 11) is 0. The zero-order chi connectivity index (χ0) is 34.1. The third-order valence-electron chi connectivity index (χ3n) is 8.97. The Kier molecular flexibility index (Phi) is 8.91. The topological polar surface area (TPSA) is 6.48 Å². The van der Waals surface area contributed by atoms with Crippen molar-refractivity contribution in [3.05, 3.63) is 167 Å². The Morgan fingerprint density at radius 2 is 1.06 bits per heavy atom. The first-order valence-electron chi connectivity index (χ1n) is 16.9. The van der Waals surface area contributed by atoms with Gasteiger partial charge in [-0.1, -0.05) is 99.0 Å². The lowest BCUT2D eigenvalue weighted by molar-refractivity contribution is 0.560. The van der Waals surface area contributed by atoms with Crippen LogP contribution in [0.15, 0.2) is 151 Å². The fourth-order valence-corrected chi connectivity index (χ4v) is 6.78. The number of allylic oxidation sites excluding steroid dienone is 3. The van der Waals surface area contributed by atoms with E-state index >= 15 is 0 Å². The summed E-state index contributed by atoms with van der Waals surface area (Å²) < 4.78 is 0. The highest BCUT2D eigenvalue weighted by atomic mass is 15.2. The smallest absolute Gasteiger partial charge is 0.0551 e. The van der Waals surface area contributed by atoms with Crippen molar-refractivity contribution < 1.29 is 0 Å². The zero-order valence-electron chi connectivity index (χ0n) is 29.6. The largest absolute Gasteiger partial charge is 0.336 e. The average Bonchev–Trinajstić information content (AvgIpc) is 3.06. The van der Waals surface area contributed by atoms with Crippen LogP contribution < -0.4 is 9.80 Å². The summed E-state index contributed by atoms with van der Waals surface area (Å²) in [6, 6.07) is 42.1. The van der Waals surface area contributed by atoms with Crippen molar-refractivity contribution in [1.29, 1.82) is 0 Å². The van der Waals surface area contributed by atoms with Gasteiger partial charge in [0.15, 0.2) is 0 Å². The van der Waals surface area contributed by atoms with E-state index in [1.54, 1.807) is 0 Å². The summed E-state index contributed by atoms with van der Waals surface area (Å²) in [5.74, 6) is 0. The highest BCUT2D eigenvalue weighted by molar-refractivity contribution is 5.79. The number of hydrogen-bond acceptors (Lipinski definition) is 2. The molecule has 0 unspecified atom stereocenters. The zero-order valence-corrected chi connectivity index (χ0v) is 29.6. The van der Waals surface area contributed by atoms with E-state index in [4.69, 9.17) is 0 Å². The number of rotatable bonds is 7. The summed E-state index contributed by atoms with van der Waals surface area (Å²) in [6.07, 6.45) is 6.03. The monoisotopic (exact) mass is 626 g/mol. The average molecular weight is 627 g/mol. The van der Waals surface area contributed by atoms with E-state index in [-0.39, 0.29) is 11.0 Å². The van der Waals surface area contributed by atoms with Crippen LogP contribution in [0.3, 0.4) is 0 Å². The molecule has 0 saturated carbocycles. The first kappa shape index (κ1) is 32.7.